The second kappa shape index (κ2) is 6.49. The third-order valence-electron chi connectivity index (χ3n) is 8.96. The lowest BCUT2D eigenvalue weighted by Gasteiger charge is -2.62. The summed E-state index contributed by atoms with van der Waals surface area (Å²) < 4.78 is 5.47. The SMILES string of the molecule is CC[C@H]1C2C[C@H]3[C@@H]4N(C)c5ccccc5[C@]45C[C@@H](C2C5C(=O)OCCl)N3[C@@H]1O.Cl. The maximum absolute atomic E-state index is 13.4. The van der Waals surface area contributed by atoms with E-state index in [1.54, 1.807) is 0 Å². The van der Waals surface area contributed by atoms with Gasteiger partial charge in [0.1, 0.15) is 6.23 Å². The number of carbonyl (C=O) groups is 1. The molecule has 10 atom stereocenters. The molecule has 1 aromatic carbocycles. The number of hydrogen-bond donors (Lipinski definition) is 1. The number of fused-ring (bicyclic) bond motifs is 2. The van der Waals surface area contributed by atoms with Crippen LogP contribution in [0, 0.1) is 23.7 Å². The van der Waals surface area contributed by atoms with Crippen molar-refractivity contribution >= 4 is 35.7 Å². The smallest absolute Gasteiger partial charge is 0.311 e. The second-order valence-corrected chi connectivity index (χ2v) is 9.63. The molecule has 1 spiro atoms. The zero-order valence-corrected chi connectivity index (χ0v) is 18.3. The molecule has 0 amide bonds. The van der Waals surface area contributed by atoms with Crippen molar-refractivity contribution in [3.63, 3.8) is 0 Å². The molecule has 5 aliphatic heterocycles. The Hall–Kier alpha value is -1.01. The molecule has 1 aromatic rings. The van der Waals surface area contributed by atoms with E-state index in [9.17, 15) is 9.90 Å². The van der Waals surface area contributed by atoms with Gasteiger partial charge in [0.25, 0.3) is 0 Å². The Bertz CT molecular complexity index is 853. The number of carbonyl (C=O) groups excluding carboxylic acids is 1. The highest BCUT2D eigenvalue weighted by Crippen LogP contribution is 2.71. The van der Waals surface area contributed by atoms with Crippen LogP contribution < -0.4 is 4.90 Å². The first-order valence-corrected chi connectivity index (χ1v) is 11.1. The van der Waals surface area contributed by atoms with Gasteiger partial charge in [-0.25, -0.2) is 0 Å². The first-order chi connectivity index (χ1) is 13.6. The number of ether oxygens (including phenoxy) is 1. The summed E-state index contributed by atoms with van der Waals surface area (Å²) >= 11 is 5.84. The maximum Gasteiger partial charge on any atom is 0.311 e. The van der Waals surface area contributed by atoms with E-state index in [1.165, 1.54) is 11.3 Å². The van der Waals surface area contributed by atoms with Crippen molar-refractivity contribution in [2.45, 2.75) is 56.0 Å². The molecule has 4 unspecified atom stereocenters. The molecule has 29 heavy (non-hydrogen) atoms. The monoisotopic (exact) mass is 438 g/mol. The number of piperidine rings is 4. The van der Waals surface area contributed by atoms with Crippen molar-refractivity contribution in [2.24, 2.45) is 23.7 Å². The zero-order chi connectivity index (χ0) is 19.4. The first-order valence-electron chi connectivity index (χ1n) is 10.6. The molecular formula is C22H28Cl2N2O3. The Labute approximate surface area is 182 Å². The first kappa shape index (κ1) is 19.9. The molecule has 1 N–H and O–H groups in total. The van der Waals surface area contributed by atoms with Crippen molar-refractivity contribution in [2.75, 3.05) is 18.0 Å². The fourth-order valence-electron chi connectivity index (χ4n) is 8.44. The van der Waals surface area contributed by atoms with Crippen LogP contribution in [0.1, 0.15) is 31.7 Å². The van der Waals surface area contributed by atoms with Gasteiger partial charge in [0.05, 0.1) is 12.0 Å². The molecule has 1 saturated carbocycles. The topological polar surface area (TPSA) is 53.0 Å². The van der Waals surface area contributed by atoms with E-state index in [1.807, 2.05) is 0 Å². The lowest BCUT2D eigenvalue weighted by molar-refractivity contribution is -0.210. The Balaban J connectivity index is 0.00000181. The van der Waals surface area contributed by atoms with E-state index < -0.39 is 6.23 Å². The molecule has 1 aliphatic carbocycles. The molecule has 4 saturated heterocycles. The quantitative estimate of drug-likeness (QED) is 0.580. The summed E-state index contributed by atoms with van der Waals surface area (Å²) in [7, 11) is 2.16. The van der Waals surface area contributed by atoms with Gasteiger partial charge in [-0.1, -0.05) is 36.7 Å². The molecule has 158 valence electrons. The number of esters is 1. The van der Waals surface area contributed by atoms with E-state index in [0.29, 0.717) is 5.92 Å². The van der Waals surface area contributed by atoms with Crippen molar-refractivity contribution in [3.8, 4) is 0 Å². The number of anilines is 1. The van der Waals surface area contributed by atoms with E-state index in [-0.39, 0.29) is 65.7 Å². The minimum absolute atomic E-state index is 0. The normalized spacial score (nSPS) is 47.6. The van der Waals surface area contributed by atoms with Crippen LogP contribution >= 0.6 is 24.0 Å². The second-order valence-electron chi connectivity index (χ2n) is 9.41. The van der Waals surface area contributed by atoms with Gasteiger partial charge in [-0.3, -0.25) is 9.69 Å². The summed E-state index contributed by atoms with van der Waals surface area (Å²) in [5, 5.41) is 11.2. The third-order valence-corrected chi connectivity index (χ3v) is 9.07. The van der Waals surface area contributed by atoms with Gasteiger partial charge in [0.15, 0.2) is 6.07 Å². The van der Waals surface area contributed by atoms with E-state index in [2.05, 4.69) is 48.0 Å². The van der Waals surface area contributed by atoms with Crippen LogP contribution in [0.4, 0.5) is 5.69 Å². The average molecular weight is 439 g/mol. The summed E-state index contributed by atoms with van der Waals surface area (Å²) in [5.41, 5.74) is 2.28. The van der Waals surface area contributed by atoms with Gasteiger partial charge in [0, 0.05) is 36.2 Å². The fraction of sp³-hybridized carbons (Fsp3) is 0.682. The van der Waals surface area contributed by atoms with Crippen LogP contribution in [0.15, 0.2) is 24.3 Å². The number of aliphatic hydroxyl groups is 1. The molecule has 7 heteroatoms. The molecule has 5 nitrogen and oxygen atoms in total. The zero-order valence-electron chi connectivity index (χ0n) is 16.7. The Morgan fingerprint density at radius 1 is 1.34 bits per heavy atom. The van der Waals surface area contributed by atoms with Crippen molar-refractivity contribution in [1.82, 2.24) is 4.90 Å². The van der Waals surface area contributed by atoms with Gasteiger partial charge < -0.3 is 14.7 Å². The van der Waals surface area contributed by atoms with Crippen LogP contribution in [-0.4, -0.2) is 53.4 Å². The third kappa shape index (κ3) is 2.08. The highest BCUT2D eigenvalue weighted by Gasteiger charge is 2.77. The number of aliphatic hydroxyl groups excluding tert-OH is 1. The number of para-hydroxylation sites is 1. The van der Waals surface area contributed by atoms with Gasteiger partial charge in [-0.2, -0.15) is 0 Å². The molecular weight excluding hydrogens is 411 g/mol. The number of halogens is 2. The summed E-state index contributed by atoms with van der Waals surface area (Å²) in [5.74, 6) is 0.520. The largest absolute Gasteiger partial charge is 0.449 e. The number of hydrogen-bond acceptors (Lipinski definition) is 5. The number of alkyl halides is 1. The summed E-state index contributed by atoms with van der Waals surface area (Å²) in [4.78, 5) is 18.1. The fourth-order valence-corrected chi connectivity index (χ4v) is 8.55. The van der Waals surface area contributed by atoms with Crippen molar-refractivity contribution in [1.29, 1.82) is 0 Å². The van der Waals surface area contributed by atoms with Gasteiger partial charge in [-0.05, 0) is 42.7 Å². The predicted octanol–water partition coefficient (Wildman–Crippen LogP) is 2.97. The van der Waals surface area contributed by atoms with Crippen LogP contribution in [0.25, 0.3) is 0 Å². The lowest BCUT2D eigenvalue weighted by Crippen LogP contribution is -2.72. The van der Waals surface area contributed by atoms with Crippen LogP contribution in [0.5, 0.6) is 0 Å². The number of likely N-dealkylation sites (N-methyl/N-ethyl adjacent to an activating group) is 1. The molecule has 0 radical (unpaired) electrons. The Morgan fingerprint density at radius 2 is 2.10 bits per heavy atom. The molecule has 0 aromatic heterocycles. The highest BCUT2D eigenvalue weighted by atomic mass is 35.5. The number of rotatable bonds is 3. The molecule has 7 rings (SSSR count). The van der Waals surface area contributed by atoms with Crippen LogP contribution in [0.2, 0.25) is 0 Å². The van der Waals surface area contributed by atoms with Crippen LogP contribution in [-0.2, 0) is 14.9 Å². The maximum atomic E-state index is 13.4. The van der Waals surface area contributed by atoms with E-state index in [4.69, 9.17) is 16.3 Å². The minimum Gasteiger partial charge on any atom is -0.449 e. The average Bonchev–Trinajstić information content (AvgIpc) is 3.10. The molecule has 6 aliphatic rings. The number of benzene rings is 1. The Kier molecular flexibility index (Phi) is 4.46. The predicted molar refractivity (Wildman–Crippen MR) is 113 cm³/mol. The van der Waals surface area contributed by atoms with Crippen LogP contribution in [0.3, 0.4) is 0 Å². The van der Waals surface area contributed by atoms with Gasteiger partial charge >= 0.3 is 5.97 Å². The lowest BCUT2D eigenvalue weighted by atomic mass is 9.62. The Morgan fingerprint density at radius 3 is 2.83 bits per heavy atom. The standard InChI is InChI=1S/C22H27ClN2O3.ClH/c1-3-11-12-8-15-19-22(13-6-4-5-7-14(13)24(19)2)9-16(25(15)20(11)26)17(12)18(22)21(27)28-10-23;/h4-7,11-12,15-20,26H,3,8-10H2,1-2H3;1H/t11-,12?,15-,16-,17?,18?,19-,20+,22-;/m0./s1. The van der Waals surface area contributed by atoms with Crippen molar-refractivity contribution < 1.29 is 14.6 Å². The number of nitrogens with zero attached hydrogens (tertiary/aromatic N) is 2. The molecule has 5 bridgehead atoms. The summed E-state index contributed by atoms with van der Waals surface area (Å²) in [6.45, 7) is 2.16. The summed E-state index contributed by atoms with van der Waals surface area (Å²) in [6.07, 6.45) is 2.53. The molecule has 5 fully saturated rings. The highest BCUT2D eigenvalue weighted by molar-refractivity contribution is 6.17. The van der Waals surface area contributed by atoms with E-state index >= 15 is 0 Å². The van der Waals surface area contributed by atoms with Gasteiger partial charge in [0.2, 0.25) is 0 Å². The van der Waals surface area contributed by atoms with E-state index in [0.717, 1.165) is 19.3 Å². The van der Waals surface area contributed by atoms with Gasteiger partial charge in [-0.15, -0.1) is 12.4 Å². The molecule has 5 heterocycles. The minimum atomic E-state index is -0.395. The summed E-state index contributed by atoms with van der Waals surface area (Å²) in [6, 6.07) is 9.19. The van der Waals surface area contributed by atoms with Crippen molar-refractivity contribution in [3.05, 3.63) is 29.8 Å².